The first-order valence-electron chi connectivity index (χ1n) is 5.68. The van der Waals surface area contributed by atoms with Crippen molar-refractivity contribution in [1.82, 2.24) is 0 Å². The molecule has 1 nitrogen and oxygen atoms in total. The normalized spacial score (nSPS) is 21.4. The standard InChI is InChI=1S/C13H19N/c1-2-10-7-8-11-5-3-4-6-13(14)12(11)9-10/h7-9,13H,2-6,14H2,1H3/t13-/m0/s1. The van der Waals surface area contributed by atoms with E-state index in [2.05, 4.69) is 25.1 Å². The van der Waals surface area contributed by atoms with Crippen molar-refractivity contribution in [3.63, 3.8) is 0 Å². The topological polar surface area (TPSA) is 26.0 Å². The molecule has 1 aliphatic rings. The van der Waals surface area contributed by atoms with Crippen molar-refractivity contribution in [2.45, 2.75) is 45.1 Å². The van der Waals surface area contributed by atoms with Crippen molar-refractivity contribution in [3.8, 4) is 0 Å². The van der Waals surface area contributed by atoms with Gasteiger partial charge in [-0.15, -0.1) is 0 Å². The minimum atomic E-state index is 0.277. The largest absolute Gasteiger partial charge is 0.324 e. The smallest absolute Gasteiger partial charge is 0.0297 e. The molecular weight excluding hydrogens is 170 g/mol. The summed E-state index contributed by atoms with van der Waals surface area (Å²) in [6, 6.07) is 7.11. The number of rotatable bonds is 1. The predicted octanol–water partition coefficient (Wildman–Crippen LogP) is 2.98. The van der Waals surface area contributed by atoms with Gasteiger partial charge in [-0.05, 0) is 42.4 Å². The Hall–Kier alpha value is -0.820. The molecule has 0 saturated heterocycles. The second-order valence-corrected chi connectivity index (χ2v) is 4.24. The Morgan fingerprint density at radius 1 is 1.36 bits per heavy atom. The SMILES string of the molecule is CCc1ccc2c(c1)[C@@H](N)CCCC2. The highest BCUT2D eigenvalue weighted by molar-refractivity contribution is 5.35. The molecule has 1 heteroatoms. The summed E-state index contributed by atoms with van der Waals surface area (Å²) in [6.07, 6.45) is 6.05. The fourth-order valence-corrected chi connectivity index (χ4v) is 2.27. The quantitative estimate of drug-likeness (QED) is 0.675. The lowest BCUT2D eigenvalue weighted by atomic mass is 9.96. The van der Waals surface area contributed by atoms with Crippen LogP contribution in [0.3, 0.4) is 0 Å². The lowest BCUT2D eigenvalue weighted by molar-refractivity contribution is 0.615. The highest BCUT2D eigenvalue weighted by atomic mass is 14.6. The monoisotopic (exact) mass is 189 g/mol. The van der Waals surface area contributed by atoms with E-state index in [-0.39, 0.29) is 6.04 Å². The Labute approximate surface area is 86.3 Å². The Morgan fingerprint density at radius 2 is 2.21 bits per heavy atom. The molecule has 0 fully saturated rings. The van der Waals surface area contributed by atoms with E-state index >= 15 is 0 Å². The third kappa shape index (κ3) is 1.83. The van der Waals surface area contributed by atoms with Crippen LogP contribution in [0.15, 0.2) is 18.2 Å². The molecule has 0 amide bonds. The first-order valence-corrected chi connectivity index (χ1v) is 5.68. The summed E-state index contributed by atoms with van der Waals surface area (Å²) in [4.78, 5) is 0. The maximum atomic E-state index is 6.17. The lowest BCUT2D eigenvalue weighted by Gasteiger charge is -2.13. The predicted molar refractivity (Wildman–Crippen MR) is 60.3 cm³/mol. The van der Waals surface area contributed by atoms with Crippen LogP contribution < -0.4 is 5.73 Å². The Kier molecular flexibility index (Phi) is 2.87. The minimum Gasteiger partial charge on any atom is -0.324 e. The van der Waals surface area contributed by atoms with Gasteiger partial charge in [-0.3, -0.25) is 0 Å². The van der Waals surface area contributed by atoms with Gasteiger partial charge in [-0.25, -0.2) is 0 Å². The zero-order valence-corrected chi connectivity index (χ0v) is 8.92. The highest BCUT2D eigenvalue weighted by Crippen LogP contribution is 2.27. The number of benzene rings is 1. The van der Waals surface area contributed by atoms with Crippen molar-refractivity contribution in [2.24, 2.45) is 5.73 Å². The molecule has 0 heterocycles. The summed E-state index contributed by atoms with van der Waals surface area (Å²) in [6.45, 7) is 2.20. The van der Waals surface area contributed by atoms with E-state index in [1.807, 2.05) is 0 Å². The van der Waals surface area contributed by atoms with Gasteiger partial charge in [0.25, 0.3) is 0 Å². The van der Waals surface area contributed by atoms with Gasteiger partial charge in [0.2, 0.25) is 0 Å². The van der Waals surface area contributed by atoms with Crippen LogP contribution in [0.1, 0.15) is 48.9 Å². The highest BCUT2D eigenvalue weighted by Gasteiger charge is 2.14. The summed E-state index contributed by atoms with van der Waals surface area (Å²) < 4.78 is 0. The van der Waals surface area contributed by atoms with Crippen LogP contribution in [0, 0.1) is 0 Å². The van der Waals surface area contributed by atoms with E-state index < -0.39 is 0 Å². The number of fused-ring (bicyclic) bond motifs is 1. The maximum Gasteiger partial charge on any atom is 0.0297 e. The summed E-state index contributed by atoms with van der Waals surface area (Å²) in [5.41, 5.74) is 10.5. The van der Waals surface area contributed by atoms with Gasteiger partial charge in [-0.1, -0.05) is 31.5 Å². The van der Waals surface area contributed by atoms with Crippen molar-refractivity contribution in [3.05, 3.63) is 34.9 Å². The molecule has 0 aliphatic heterocycles. The fourth-order valence-electron chi connectivity index (χ4n) is 2.27. The van der Waals surface area contributed by atoms with Gasteiger partial charge in [0, 0.05) is 6.04 Å². The molecule has 0 aromatic heterocycles. The number of hydrogen-bond donors (Lipinski definition) is 1. The Balaban J connectivity index is 2.39. The molecule has 0 spiro atoms. The molecule has 1 aromatic rings. The van der Waals surface area contributed by atoms with Crippen molar-refractivity contribution < 1.29 is 0 Å². The lowest BCUT2D eigenvalue weighted by Crippen LogP contribution is -2.10. The van der Waals surface area contributed by atoms with E-state index in [0.29, 0.717) is 0 Å². The molecule has 0 radical (unpaired) electrons. The van der Waals surface area contributed by atoms with Crippen LogP contribution in [-0.2, 0) is 12.8 Å². The number of nitrogens with two attached hydrogens (primary N) is 1. The average Bonchev–Trinajstić information content (AvgIpc) is 2.40. The Bertz CT molecular complexity index is 317. The van der Waals surface area contributed by atoms with Crippen LogP contribution in [0.2, 0.25) is 0 Å². The van der Waals surface area contributed by atoms with Gasteiger partial charge in [0.15, 0.2) is 0 Å². The molecule has 2 N–H and O–H groups in total. The summed E-state index contributed by atoms with van der Waals surface area (Å²) >= 11 is 0. The van der Waals surface area contributed by atoms with Gasteiger partial charge in [0.1, 0.15) is 0 Å². The number of hydrogen-bond acceptors (Lipinski definition) is 1. The van der Waals surface area contributed by atoms with E-state index in [0.717, 1.165) is 12.8 Å². The Morgan fingerprint density at radius 3 is 3.00 bits per heavy atom. The second kappa shape index (κ2) is 4.14. The van der Waals surface area contributed by atoms with Gasteiger partial charge in [-0.2, -0.15) is 0 Å². The minimum absolute atomic E-state index is 0.277. The van der Waals surface area contributed by atoms with Gasteiger partial charge in [0.05, 0.1) is 0 Å². The fraction of sp³-hybridized carbons (Fsp3) is 0.538. The van der Waals surface area contributed by atoms with Crippen molar-refractivity contribution >= 4 is 0 Å². The van der Waals surface area contributed by atoms with Crippen LogP contribution in [0.25, 0.3) is 0 Å². The molecule has 14 heavy (non-hydrogen) atoms. The molecule has 76 valence electrons. The van der Waals surface area contributed by atoms with E-state index in [1.165, 1.54) is 36.0 Å². The summed E-state index contributed by atoms with van der Waals surface area (Å²) in [7, 11) is 0. The van der Waals surface area contributed by atoms with Crippen LogP contribution in [0.5, 0.6) is 0 Å². The van der Waals surface area contributed by atoms with Crippen molar-refractivity contribution in [2.75, 3.05) is 0 Å². The first-order chi connectivity index (χ1) is 6.81. The third-order valence-corrected chi connectivity index (χ3v) is 3.23. The molecule has 1 aliphatic carbocycles. The molecule has 0 unspecified atom stereocenters. The average molecular weight is 189 g/mol. The zero-order chi connectivity index (χ0) is 9.97. The van der Waals surface area contributed by atoms with Crippen LogP contribution in [0.4, 0.5) is 0 Å². The van der Waals surface area contributed by atoms with E-state index in [4.69, 9.17) is 5.73 Å². The molecule has 2 rings (SSSR count). The van der Waals surface area contributed by atoms with E-state index in [9.17, 15) is 0 Å². The van der Waals surface area contributed by atoms with Crippen LogP contribution in [-0.4, -0.2) is 0 Å². The summed E-state index contributed by atoms with van der Waals surface area (Å²) in [5, 5.41) is 0. The second-order valence-electron chi connectivity index (χ2n) is 4.24. The molecule has 1 atom stereocenters. The van der Waals surface area contributed by atoms with E-state index in [1.54, 1.807) is 0 Å². The summed E-state index contributed by atoms with van der Waals surface area (Å²) in [5.74, 6) is 0. The molecule has 0 bridgehead atoms. The maximum absolute atomic E-state index is 6.17. The number of aryl methyl sites for hydroxylation is 2. The van der Waals surface area contributed by atoms with Crippen LogP contribution >= 0.6 is 0 Å². The molecule has 0 saturated carbocycles. The zero-order valence-electron chi connectivity index (χ0n) is 8.92. The molecule has 1 aromatic carbocycles. The third-order valence-electron chi connectivity index (χ3n) is 3.23. The van der Waals surface area contributed by atoms with Crippen molar-refractivity contribution in [1.29, 1.82) is 0 Å². The van der Waals surface area contributed by atoms with Gasteiger partial charge < -0.3 is 5.73 Å². The molecular formula is C13H19N. The van der Waals surface area contributed by atoms with Gasteiger partial charge >= 0.3 is 0 Å². The first kappa shape index (κ1) is 9.72.